The second kappa shape index (κ2) is 7.35. The minimum Gasteiger partial charge on any atom is -0.493 e. The van der Waals surface area contributed by atoms with E-state index in [1.54, 1.807) is 7.11 Å². The third kappa shape index (κ3) is 3.74. The normalized spacial score (nSPS) is 17.5. The average molecular weight is 410 g/mol. The predicted molar refractivity (Wildman–Crippen MR) is 93.9 cm³/mol. The highest BCUT2D eigenvalue weighted by atomic mass is 127. The van der Waals surface area contributed by atoms with Crippen molar-refractivity contribution in [2.75, 3.05) is 20.3 Å². The van der Waals surface area contributed by atoms with Gasteiger partial charge in [0.15, 0.2) is 11.5 Å². The van der Waals surface area contributed by atoms with Crippen LogP contribution in [0, 0.1) is 3.57 Å². The summed E-state index contributed by atoms with van der Waals surface area (Å²) >= 11 is 2.28. The van der Waals surface area contributed by atoms with E-state index < -0.39 is 0 Å². The fourth-order valence-corrected chi connectivity index (χ4v) is 2.61. The number of ether oxygens (including phenoxy) is 2. The Balaban J connectivity index is 1.56. The van der Waals surface area contributed by atoms with E-state index >= 15 is 0 Å². The van der Waals surface area contributed by atoms with Crippen molar-refractivity contribution in [2.24, 2.45) is 0 Å². The standard InChI is InChI=1S/C16H16BIO4/c1-19-15-4-2-3-5-16(15)20-10-14-11-21-17(22-14)12-6-8-13(18)9-7-12/h2-9,14H,10-11H2,1H3. The van der Waals surface area contributed by atoms with E-state index in [9.17, 15) is 0 Å². The number of halogens is 1. The van der Waals surface area contributed by atoms with Crippen molar-refractivity contribution in [3.63, 3.8) is 0 Å². The van der Waals surface area contributed by atoms with E-state index in [0.29, 0.717) is 19.0 Å². The first-order valence-electron chi connectivity index (χ1n) is 7.04. The fourth-order valence-electron chi connectivity index (χ4n) is 2.25. The van der Waals surface area contributed by atoms with E-state index in [1.165, 1.54) is 3.57 Å². The van der Waals surface area contributed by atoms with Crippen LogP contribution in [0.15, 0.2) is 48.5 Å². The second-order valence-electron chi connectivity index (χ2n) is 4.94. The van der Waals surface area contributed by atoms with Gasteiger partial charge >= 0.3 is 7.12 Å². The van der Waals surface area contributed by atoms with Gasteiger partial charge in [-0.2, -0.15) is 0 Å². The molecule has 3 rings (SSSR count). The molecule has 1 aliphatic heterocycles. The van der Waals surface area contributed by atoms with Gasteiger partial charge in [0, 0.05) is 3.57 Å². The van der Waals surface area contributed by atoms with E-state index in [2.05, 4.69) is 22.6 Å². The second-order valence-corrected chi connectivity index (χ2v) is 6.18. The first kappa shape index (κ1) is 15.6. The Morgan fingerprint density at radius 1 is 1.14 bits per heavy atom. The molecule has 1 heterocycles. The summed E-state index contributed by atoms with van der Waals surface area (Å²) in [6.07, 6.45) is -0.0887. The molecule has 0 aromatic heterocycles. The first-order valence-corrected chi connectivity index (χ1v) is 8.12. The van der Waals surface area contributed by atoms with Gasteiger partial charge in [-0.1, -0.05) is 24.3 Å². The Kier molecular flexibility index (Phi) is 5.22. The lowest BCUT2D eigenvalue weighted by molar-refractivity contribution is 0.145. The zero-order valence-corrected chi connectivity index (χ0v) is 14.4. The Labute approximate surface area is 144 Å². The van der Waals surface area contributed by atoms with Crippen LogP contribution in [-0.4, -0.2) is 33.5 Å². The lowest BCUT2D eigenvalue weighted by Gasteiger charge is -2.13. The Bertz CT molecular complexity index is 620. The third-order valence-corrected chi connectivity index (χ3v) is 4.10. The Morgan fingerprint density at radius 2 is 1.86 bits per heavy atom. The summed E-state index contributed by atoms with van der Waals surface area (Å²) < 4.78 is 23.8. The van der Waals surface area contributed by atoms with Crippen LogP contribution in [0.3, 0.4) is 0 Å². The molecule has 2 aromatic carbocycles. The molecule has 0 radical (unpaired) electrons. The predicted octanol–water partition coefficient (Wildman–Crippen LogP) is 2.49. The lowest BCUT2D eigenvalue weighted by Crippen LogP contribution is -2.33. The molecule has 0 bridgehead atoms. The van der Waals surface area contributed by atoms with Crippen LogP contribution < -0.4 is 14.9 Å². The first-order chi connectivity index (χ1) is 10.8. The summed E-state index contributed by atoms with van der Waals surface area (Å²) in [6.45, 7) is 0.951. The number of methoxy groups -OCH3 is 1. The van der Waals surface area contributed by atoms with E-state index in [4.69, 9.17) is 18.8 Å². The van der Waals surface area contributed by atoms with E-state index in [-0.39, 0.29) is 13.2 Å². The molecule has 1 fully saturated rings. The molecule has 0 aliphatic carbocycles. The molecule has 0 spiro atoms. The summed E-state index contributed by atoms with van der Waals surface area (Å²) in [4.78, 5) is 0. The highest BCUT2D eigenvalue weighted by Crippen LogP contribution is 2.26. The summed E-state index contributed by atoms with van der Waals surface area (Å²) in [5, 5.41) is 0. The van der Waals surface area contributed by atoms with Crippen LogP contribution in [0.5, 0.6) is 11.5 Å². The maximum Gasteiger partial charge on any atom is 0.494 e. The van der Waals surface area contributed by atoms with Crippen LogP contribution in [0.25, 0.3) is 0 Å². The highest BCUT2D eigenvalue weighted by Gasteiger charge is 2.33. The molecule has 0 amide bonds. The molecule has 2 aromatic rings. The van der Waals surface area contributed by atoms with Gasteiger partial charge in [0.05, 0.1) is 19.8 Å². The SMILES string of the molecule is COc1ccccc1OCC1COB(c2ccc(I)cc2)O1. The van der Waals surface area contributed by atoms with Gasteiger partial charge in [-0.3, -0.25) is 0 Å². The molecule has 6 heteroatoms. The highest BCUT2D eigenvalue weighted by molar-refractivity contribution is 14.1. The van der Waals surface area contributed by atoms with Crippen molar-refractivity contribution in [3.05, 3.63) is 52.1 Å². The summed E-state index contributed by atoms with van der Waals surface area (Å²) in [5.74, 6) is 1.43. The van der Waals surface area contributed by atoms with Crippen molar-refractivity contribution >= 4 is 35.2 Å². The summed E-state index contributed by atoms with van der Waals surface area (Å²) in [5.41, 5.74) is 1.03. The monoisotopic (exact) mass is 410 g/mol. The average Bonchev–Trinajstić information content (AvgIpc) is 3.03. The topological polar surface area (TPSA) is 36.9 Å². The van der Waals surface area contributed by atoms with Gasteiger partial charge in [-0.15, -0.1) is 0 Å². The largest absolute Gasteiger partial charge is 0.494 e. The maximum absolute atomic E-state index is 5.89. The zero-order valence-electron chi connectivity index (χ0n) is 12.2. The molecule has 22 heavy (non-hydrogen) atoms. The molecule has 114 valence electrons. The maximum atomic E-state index is 5.89. The number of benzene rings is 2. The zero-order chi connectivity index (χ0) is 15.4. The van der Waals surface area contributed by atoms with Crippen molar-refractivity contribution in [3.8, 4) is 11.5 Å². The van der Waals surface area contributed by atoms with Gasteiger partial charge in [0.2, 0.25) is 0 Å². The molecule has 1 unspecified atom stereocenters. The van der Waals surface area contributed by atoms with Gasteiger partial charge in [-0.05, 0) is 52.3 Å². The van der Waals surface area contributed by atoms with Crippen LogP contribution in [-0.2, 0) is 9.31 Å². The van der Waals surface area contributed by atoms with Crippen molar-refractivity contribution in [1.29, 1.82) is 0 Å². The van der Waals surface area contributed by atoms with Gasteiger partial charge < -0.3 is 18.8 Å². The van der Waals surface area contributed by atoms with Crippen LogP contribution in [0.4, 0.5) is 0 Å². The number of hydrogen-bond acceptors (Lipinski definition) is 4. The number of hydrogen-bond donors (Lipinski definition) is 0. The van der Waals surface area contributed by atoms with Crippen LogP contribution >= 0.6 is 22.6 Å². The number of para-hydroxylation sites is 2. The molecular weight excluding hydrogens is 394 g/mol. The minimum absolute atomic E-state index is 0.0887. The third-order valence-electron chi connectivity index (χ3n) is 3.39. The van der Waals surface area contributed by atoms with Crippen molar-refractivity contribution in [2.45, 2.75) is 6.10 Å². The molecule has 1 saturated heterocycles. The van der Waals surface area contributed by atoms with E-state index in [0.717, 1.165) is 11.2 Å². The van der Waals surface area contributed by atoms with Crippen molar-refractivity contribution in [1.82, 2.24) is 0 Å². The minimum atomic E-state index is -0.316. The Morgan fingerprint density at radius 3 is 2.59 bits per heavy atom. The van der Waals surface area contributed by atoms with Gasteiger partial charge in [-0.25, -0.2) is 0 Å². The lowest BCUT2D eigenvalue weighted by atomic mass is 9.79. The Hall–Kier alpha value is -1.25. The van der Waals surface area contributed by atoms with Crippen LogP contribution in [0.1, 0.15) is 0 Å². The van der Waals surface area contributed by atoms with Crippen molar-refractivity contribution < 1.29 is 18.8 Å². The van der Waals surface area contributed by atoms with Gasteiger partial charge in [0.25, 0.3) is 0 Å². The molecule has 1 atom stereocenters. The molecular formula is C16H16BIO4. The van der Waals surface area contributed by atoms with E-state index in [1.807, 2.05) is 48.5 Å². The van der Waals surface area contributed by atoms with Gasteiger partial charge in [0.1, 0.15) is 6.61 Å². The molecule has 4 nitrogen and oxygen atoms in total. The molecule has 0 saturated carbocycles. The summed E-state index contributed by atoms with van der Waals surface area (Å²) in [6, 6.07) is 15.7. The van der Waals surface area contributed by atoms with Crippen LogP contribution in [0.2, 0.25) is 0 Å². The fraction of sp³-hybridized carbons (Fsp3) is 0.250. The quantitative estimate of drug-likeness (QED) is 0.561. The smallest absolute Gasteiger partial charge is 0.493 e. The molecule has 0 N–H and O–H groups in total. The number of rotatable bonds is 5. The summed E-state index contributed by atoms with van der Waals surface area (Å²) in [7, 11) is 1.31. The molecule has 1 aliphatic rings.